The number of esters is 1. The van der Waals surface area contributed by atoms with E-state index in [1.165, 1.54) is 11.6 Å². The highest BCUT2D eigenvalue weighted by molar-refractivity contribution is 6.44. The van der Waals surface area contributed by atoms with Crippen LogP contribution in [0.5, 0.6) is 0 Å². The molecule has 0 saturated heterocycles. The first-order valence-corrected chi connectivity index (χ1v) is 12.2. The number of pyridine rings is 1. The molecule has 1 amide bonds. The summed E-state index contributed by atoms with van der Waals surface area (Å²) in [7, 11) is 1.50. The van der Waals surface area contributed by atoms with Crippen LogP contribution >= 0.6 is 34.8 Å². The van der Waals surface area contributed by atoms with Gasteiger partial charge in [0.15, 0.2) is 6.10 Å². The van der Waals surface area contributed by atoms with Crippen LogP contribution in [0.3, 0.4) is 0 Å². The normalized spacial score (nSPS) is 11.8. The number of hydrogen-bond acceptors (Lipinski definition) is 4. The van der Waals surface area contributed by atoms with Crippen molar-refractivity contribution in [3.63, 3.8) is 0 Å². The standard InChI is InChI=1S/C27H21Cl3N2O4/c1-3-21(25(33)31-20-10-6-9-19(29)23(20)30)36-27(35)24-22(15-11-13-16(28)14-12-15)17-7-4-5-8-18(17)26(34)32(24)2/h4-14,21H,3H2,1-2H3,(H,31,33). The first-order chi connectivity index (χ1) is 17.2. The SMILES string of the molecule is CCC(OC(=O)c1c(-c2ccc(Cl)cc2)c2ccccc2c(=O)n1C)C(=O)Nc1cccc(Cl)c1Cl. The lowest BCUT2D eigenvalue weighted by Crippen LogP contribution is -2.34. The van der Waals surface area contributed by atoms with Crippen molar-refractivity contribution in [2.24, 2.45) is 7.05 Å². The Kier molecular flexibility index (Phi) is 7.69. The number of aromatic nitrogens is 1. The molecule has 0 spiro atoms. The van der Waals surface area contributed by atoms with Gasteiger partial charge in [-0.2, -0.15) is 0 Å². The summed E-state index contributed by atoms with van der Waals surface area (Å²) in [6.45, 7) is 1.70. The molecule has 1 atom stereocenters. The minimum Gasteiger partial charge on any atom is -0.448 e. The third kappa shape index (κ3) is 4.98. The minimum atomic E-state index is -1.15. The zero-order chi connectivity index (χ0) is 26.0. The molecule has 0 bridgehead atoms. The average molecular weight is 544 g/mol. The van der Waals surface area contributed by atoms with E-state index in [1.807, 2.05) is 0 Å². The van der Waals surface area contributed by atoms with Gasteiger partial charge in [-0.15, -0.1) is 0 Å². The Morgan fingerprint density at radius 3 is 2.28 bits per heavy atom. The van der Waals surface area contributed by atoms with E-state index in [1.54, 1.807) is 73.7 Å². The second-order valence-corrected chi connectivity index (χ2v) is 9.25. The highest BCUT2D eigenvalue weighted by Gasteiger charge is 2.28. The number of ether oxygens (including phenoxy) is 1. The van der Waals surface area contributed by atoms with Gasteiger partial charge < -0.3 is 14.6 Å². The molecule has 1 heterocycles. The second-order valence-electron chi connectivity index (χ2n) is 8.03. The maximum atomic E-state index is 13.5. The third-order valence-corrected chi connectivity index (χ3v) is 6.82. The summed E-state index contributed by atoms with van der Waals surface area (Å²) in [5.74, 6) is -1.39. The molecule has 1 aromatic heterocycles. The van der Waals surface area contributed by atoms with Crippen molar-refractivity contribution >= 4 is 63.1 Å². The van der Waals surface area contributed by atoms with E-state index in [-0.39, 0.29) is 27.7 Å². The Hall–Kier alpha value is -3.32. The molecule has 4 aromatic rings. The number of carbonyl (C=O) groups is 2. The van der Waals surface area contributed by atoms with Crippen molar-refractivity contribution in [1.29, 1.82) is 0 Å². The van der Waals surface area contributed by atoms with Gasteiger partial charge in [-0.05, 0) is 47.7 Å². The second kappa shape index (κ2) is 10.7. The Labute approximate surface area is 222 Å². The lowest BCUT2D eigenvalue weighted by molar-refractivity contribution is -0.124. The van der Waals surface area contributed by atoms with Gasteiger partial charge in [-0.25, -0.2) is 4.79 Å². The van der Waals surface area contributed by atoms with Crippen LogP contribution in [-0.2, 0) is 16.6 Å². The average Bonchev–Trinajstić information content (AvgIpc) is 2.87. The fourth-order valence-electron chi connectivity index (χ4n) is 3.93. The Balaban J connectivity index is 1.76. The number of halogens is 3. The minimum absolute atomic E-state index is 0.0214. The summed E-state index contributed by atoms with van der Waals surface area (Å²) in [5.41, 5.74) is 1.12. The zero-order valence-corrected chi connectivity index (χ0v) is 21.6. The zero-order valence-electron chi connectivity index (χ0n) is 19.3. The molecule has 1 N–H and O–H groups in total. The fourth-order valence-corrected chi connectivity index (χ4v) is 4.41. The van der Waals surface area contributed by atoms with Crippen molar-refractivity contribution in [1.82, 2.24) is 4.57 Å². The summed E-state index contributed by atoms with van der Waals surface area (Å²) in [6, 6.07) is 18.7. The number of fused-ring (bicyclic) bond motifs is 1. The lowest BCUT2D eigenvalue weighted by atomic mass is 9.96. The van der Waals surface area contributed by atoms with Crippen molar-refractivity contribution in [2.75, 3.05) is 5.32 Å². The van der Waals surface area contributed by atoms with Gasteiger partial charge in [0.1, 0.15) is 5.69 Å². The first kappa shape index (κ1) is 25.8. The van der Waals surface area contributed by atoms with Crippen LogP contribution in [0.25, 0.3) is 21.9 Å². The maximum absolute atomic E-state index is 13.5. The number of rotatable bonds is 6. The number of anilines is 1. The molecule has 0 aliphatic heterocycles. The largest absolute Gasteiger partial charge is 0.448 e. The number of amides is 1. The van der Waals surface area contributed by atoms with E-state index in [4.69, 9.17) is 39.5 Å². The molecule has 6 nitrogen and oxygen atoms in total. The smallest absolute Gasteiger partial charge is 0.356 e. The molecular weight excluding hydrogens is 523 g/mol. The highest BCUT2D eigenvalue weighted by Crippen LogP contribution is 2.33. The number of benzene rings is 3. The van der Waals surface area contributed by atoms with Crippen LogP contribution < -0.4 is 10.9 Å². The molecule has 36 heavy (non-hydrogen) atoms. The molecular formula is C27H21Cl3N2O4. The third-order valence-electron chi connectivity index (χ3n) is 5.75. The van der Waals surface area contributed by atoms with Crippen LogP contribution in [0.15, 0.2) is 71.5 Å². The van der Waals surface area contributed by atoms with Gasteiger partial charge in [0.25, 0.3) is 11.5 Å². The Bertz CT molecular complexity index is 1530. The molecule has 9 heteroatoms. The molecule has 1 unspecified atom stereocenters. The van der Waals surface area contributed by atoms with E-state index in [9.17, 15) is 14.4 Å². The van der Waals surface area contributed by atoms with Crippen LogP contribution in [-0.4, -0.2) is 22.5 Å². The fraction of sp³-hybridized carbons (Fsp3) is 0.148. The van der Waals surface area contributed by atoms with E-state index in [0.717, 1.165) is 0 Å². The van der Waals surface area contributed by atoms with Crippen molar-refractivity contribution in [3.05, 3.63) is 97.8 Å². The first-order valence-electron chi connectivity index (χ1n) is 11.1. The van der Waals surface area contributed by atoms with Crippen molar-refractivity contribution in [3.8, 4) is 11.1 Å². The molecule has 0 radical (unpaired) electrons. The van der Waals surface area contributed by atoms with Crippen LogP contribution in [0, 0.1) is 0 Å². The number of nitrogens with one attached hydrogen (secondary N) is 1. The lowest BCUT2D eigenvalue weighted by Gasteiger charge is -2.20. The molecule has 0 saturated carbocycles. The van der Waals surface area contributed by atoms with Gasteiger partial charge in [-0.3, -0.25) is 9.59 Å². The summed E-state index contributed by atoms with van der Waals surface area (Å²) in [4.78, 5) is 39.6. The van der Waals surface area contributed by atoms with E-state index >= 15 is 0 Å². The summed E-state index contributed by atoms with van der Waals surface area (Å²) >= 11 is 18.3. The maximum Gasteiger partial charge on any atom is 0.356 e. The number of nitrogens with zero attached hydrogens (tertiary/aromatic N) is 1. The molecule has 3 aromatic carbocycles. The van der Waals surface area contributed by atoms with Crippen LogP contribution in [0.4, 0.5) is 5.69 Å². The van der Waals surface area contributed by atoms with Gasteiger partial charge in [0, 0.05) is 23.0 Å². The molecule has 184 valence electrons. The predicted octanol–water partition coefficient (Wildman–Crippen LogP) is 6.74. The van der Waals surface area contributed by atoms with Gasteiger partial charge in [-0.1, -0.05) is 78.1 Å². The van der Waals surface area contributed by atoms with Crippen molar-refractivity contribution < 1.29 is 14.3 Å². The van der Waals surface area contributed by atoms with Crippen LogP contribution in [0.2, 0.25) is 15.1 Å². The summed E-state index contributed by atoms with van der Waals surface area (Å²) in [5, 5.41) is 4.66. The molecule has 4 rings (SSSR count). The van der Waals surface area contributed by atoms with E-state index < -0.39 is 18.0 Å². The Morgan fingerprint density at radius 1 is 0.944 bits per heavy atom. The monoisotopic (exact) mass is 542 g/mol. The summed E-state index contributed by atoms with van der Waals surface area (Å²) in [6.07, 6.45) is -0.958. The molecule has 0 fully saturated rings. The molecule has 0 aliphatic carbocycles. The number of carbonyl (C=O) groups excluding carboxylic acids is 2. The Morgan fingerprint density at radius 2 is 1.61 bits per heavy atom. The quantitative estimate of drug-likeness (QED) is 0.273. The van der Waals surface area contributed by atoms with E-state index in [0.29, 0.717) is 32.6 Å². The highest BCUT2D eigenvalue weighted by atomic mass is 35.5. The van der Waals surface area contributed by atoms with Gasteiger partial charge in [0.2, 0.25) is 0 Å². The summed E-state index contributed by atoms with van der Waals surface area (Å²) < 4.78 is 6.89. The van der Waals surface area contributed by atoms with Gasteiger partial charge in [0.05, 0.1) is 15.7 Å². The molecule has 0 aliphatic rings. The number of hydrogen-bond donors (Lipinski definition) is 1. The van der Waals surface area contributed by atoms with Gasteiger partial charge >= 0.3 is 5.97 Å². The van der Waals surface area contributed by atoms with Crippen LogP contribution in [0.1, 0.15) is 23.8 Å². The topological polar surface area (TPSA) is 77.4 Å². The van der Waals surface area contributed by atoms with Crippen molar-refractivity contribution in [2.45, 2.75) is 19.4 Å². The van der Waals surface area contributed by atoms with E-state index in [2.05, 4.69) is 5.32 Å². The predicted molar refractivity (Wildman–Crippen MR) is 144 cm³/mol.